The molecular weight excluding hydrogens is 473 g/mol. The largest absolute Gasteiger partial charge is 0.439 e. The van der Waals surface area contributed by atoms with Crippen molar-refractivity contribution < 1.29 is 23.7 Å². The molecule has 2 heterocycles. The molecule has 7 nitrogen and oxygen atoms in total. The predicted molar refractivity (Wildman–Crippen MR) is 141 cm³/mol. The highest BCUT2D eigenvalue weighted by Crippen LogP contribution is 2.34. The van der Waals surface area contributed by atoms with Crippen LogP contribution >= 0.6 is 0 Å². The lowest BCUT2D eigenvalue weighted by Gasteiger charge is -2.28. The molecule has 0 radical (unpaired) electrons. The van der Waals surface area contributed by atoms with Crippen LogP contribution in [0.1, 0.15) is 32.3 Å². The van der Waals surface area contributed by atoms with Crippen molar-refractivity contribution in [1.82, 2.24) is 14.7 Å². The first-order chi connectivity index (χ1) is 17.9. The first-order valence-electron chi connectivity index (χ1n) is 13.0. The predicted octanol–water partition coefficient (Wildman–Crippen LogP) is 5.03. The van der Waals surface area contributed by atoms with Gasteiger partial charge in [0.1, 0.15) is 17.3 Å². The van der Waals surface area contributed by atoms with Gasteiger partial charge in [-0.15, -0.1) is 0 Å². The summed E-state index contributed by atoms with van der Waals surface area (Å²) in [7, 11) is 1.82. The third kappa shape index (κ3) is 7.85. The summed E-state index contributed by atoms with van der Waals surface area (Å²) in [5.41, 5.74) is 2.61. The number of halogens is 1. The highest BCUT2D eigenvalue weighted by atomic mass is 19.1. The van der Waals surface area contributed by atoms with Crippen molar-refractivity contribution in [2.45, 2.75) is 45.4 Å². The van der Waals surface area contributed by atoms with Crippen molar-refractivity contribution in [2.75, 3.05) is 32.9 Å². The zero-order valence-electron chi connectivity index (χ0n) is 22.0. The van der Waals surface area contributed by atoms with Crippen molar-refractivity contribution >= 4 is 0 Å². The van der Waals surface area contributed by atoms with E-state index in [2.05, 4.69) is 18.7 Å². The van der Waals surface area contributed by atoms with Crippen molar-refractivity contribution in [3.63, 3.8) is 0 Å². The quantitative estimate of drug-likeness (QED) is 0.347. The first-order valence-corrected chi connectivity index (χ1v) is 13.0. The molecule has 200 valence electrons. The number of nitrogens with zero attached hydrogens (tertiary/aromatic N) is 3. The molecule has 4 rings (SSSR count). The Morgan fingerprint density at radius 1 is 1.16 bits per heavy atom. The Labute approximate surface area is 218 Å². The third-order valence-electron chi connectivity index (χ3n) is 6.24. The van der Waals surface area contributed by atoms with Gasteiger partial charge in [-0.25, -0.2) is 9.07 Å². The highest BCUT2D eigenvalue weighted by Gasteiger charge is 2.26. The fourth-order valence-electron chi connectivity index (χ4n) is 4.59. The van der Waals surface area contributed by atoms with Crippen LogP contribution in [0.3, 0.4) is 0 Å². The fourth-order valence-corrected chi connectivity index (χ4v) is 4.59. The summed E-state index contributed by atoms with van der Waals surface area (Å²) in [4.78, 5) is 2.18. The normalized spacial score (nSPS) is 16.6. The van der Waals surface area contributed by atoms with E-state index in [9.17, 15) is 9.50 Å². The summed E-state index contributed by atoms with van der Waals surface area (Å²) in [5.74, 6) is 0.972. The third-order valence-corrected chi connectivity index (χ3v) is 6.24. The maximum Gasteiger partial charge on any atom is 0.222 e. The Bertz CT molecular complexity index is 1120. The van der Waals surface area contributed by atoms with E-state index in [1.807, 2.05) is 37.4 Å². The lowest BCUT2D eigenvalue weighted by atomic mass is 10.1. The number of aromatic nitrogens is 2. The Morgan fingerprint density at radius 2 is 1.97 bits per heavy atom. The summed E-state index contributed by atoms with van der Waals surface area (Å²) in [6, 6.07) is 16.0. The maximum atomic E-state index is 13.9. The number of aryl methyl sites for hydroxylation is 1. The lowest BCUT2D eigenvalue weighted by Crippen LogP contribution is -2.39. The number of aliphatic hydroxyl groups is 1. The van der Waals surface area contributed by atoms with E-state index in [4.69, 9.17) is 19.3 Å². The molecule has 1 saturated heterocycles. The Morgan fingerprint density at radius 3 is 2.68 bits per heavy atom. The van der Waals surface area contributed by atoms with Gasteiger partial charge in [0.25, 0.3) is 0 Å². The van der Waals surface area contributed by atoms with Crippen LogP contribution in [0.2, 0.25) is 0 Å². The Hall–Kier alpha value is -2.78. The van der Waals surface area contributed by atoms with Gasteiger partial charge in [0.05, 0.1) is 24.4 Å². The van der Waals surface area contributed by atoms with E-state index in [1.54, 1.807) is 16.8 Å². The molecule has 0 aliphatic carbocycles. The maximum absolute atomic E-state index is 13.9. The second-order valence-electron chi connectivity index (χ2n) is 10.1. The van der Waals surface area contributed by atoms with Crippen LogP contribution in [0, 0.1) is 11.7 Å². The van der Waals surface area contributed by atoms with Gasteiger partial charge in [0, 0.05) is 51.5 Å². The van der Waals surface area contributed by atoms with Crippen molar-refractivity contribution in [2.24, 2.45) is 13.0 Å². The van der Waals surface area contributed by atoms with Crippen LogP contribution in [0.4, 0.5) is 4.39 Å². The molecule has 1 N–H and O–H groups in total. The van der Waals surface area contributed by atoms with Crippen LogP contribution < -0.4 is 4.74 Å². The van der Waals surface area contributed by atoms with Crippen LogP contribution in [0.5, 0.6) is 11.6 Å². The van der Waals surface area contributed by atoms with Gasteiger partial charge in [-0.3, -0.25) is 4.90 Å². The van der Waals surface area contributed by atoms with Gasteiger partial charge in [0.2, 0.25) is 5.88 Å². The number of benzene rings is 2. The number of hydrogen-bond donors (Lipinski definition) is 1. The van der Waals surface area contributed by atoms with E-state index in [1.165, 1.54) is 12.1 Å². The molecule has 37 heavy (non-hydrogen) atoms. The van der Waals surface area contributed by atoms with Crippen molar-refractivity contribution in [1.29, 1.82) is 0 Å². The molecule has 8 heteroatoms. The van der Waals surface area contributed by atoms with E-state index < -0.39 is 6.10 Å². The molecule has 1 fully saturated rings. The van der Waals surface area contributed by atoms with Gasteiger partial charge in [-0.05, 0) is 30.9 Å². The average molecular weight is 512 g/mol. The smallest absolute Gasteiger partial charge is 0.222 e. The number of hydrogen-bond acceptors (Lipinski definition) is 6. The zero-order chi connectivity index (χ0) is 26.2. The monoisotopic (exact) mass is 511 g/mol. The molecule has 1 aromatic heterocycles. The highest BCUT2D eigenvalue weighted by molar-refractivity contribution is 5.65. The summed E-state index contributed by atoms with van der Waals surface area (Å²) in [6.07, 6.45) is 1.48. The van der Waals surface area contributed by atoms with E-state index in [-0.39, 0.29) is 18.5 Å². The van der Waals surface area contributed by atoms with Crippen molar-refractivity contribution in [3.8, 4) is 22.9 Å². The van der Waals surface area contributed by atoms with Crippen molar-refractivity contribution in [3.05, 3.63) is 66.0 Å². The second-order valence-corrected chi connectivity index (χ2v) is 10.1. The molecule has 1 aliphatic heterocycles. The van der Waals surface area contributed by atoms with Gasteiger partial charge in [0.15, 0.2) is 0 Å². The summed E-state index contributed by atoms with van der Waals surface area (Å²) in [6.45, 7) is 7.37. The standard InChI is InChI=1S/C29H38FN3O4/c1-21(2)19-35-20-24(34)16-33(17-26-13-8-14-36-26)18-27-28(22-9-5-4-6-10-22)31-32(3)29(27)37-25-12-7-11-23(30)15-25/h4-7,9-12,15,21,24,26,34H,8,13-14,16-20H2,1-3H3/t24-,26-/m0/s1. The topological polar surface area (TPSA) is 69.0 Å². The van der Waals surface area contributed by atoms with Gasteiger partial charge < -0.3 is 19.3 Å². The molecule has 0 unspecified atom stereocenters. The summed E-state index contributed by atoms with van der Waals surface area (Å²) in [5, 5.41) is 15.6. The molecule has 3 aromatic rings. The molecule has 0 spiro atoms. The number of rotatable bonds is 13. The molecule has 0 bridgehead atoms. The van der Waals surface area contributed by atoms with Gasteiger partial charge in [-0.2, -0.15) is 5.10 Å². The first kappa shape index (κ1) is 27.3. The minimum Gasteiger partial charge on any atom is -0.439 e. The molecule has 2 aromatic carbocycles. The van der Waals surface area contributed by atoms with Gasteiger partial charge >= 0.3 is 0 Å². The SMILES string of the molecule is CC(C)COC[C@@H](O)CN(Cc1c(-c2ccccc2)nn(C)c1Oc1cccc(F)c1)C[C@@H]1CCCO1. The number of aliphatic hydroxyl groups excluding tert-OH is 1. The minimum absolute atomic E-state index is 0.105. The summed E-state index contributed by atoms with van der Waals surface area (Å²) >= 11 is 0. The number of ether oxygens (including phenoxy) is 3. The Balaban J connectivity index is 1.63. The Kier molecular flexibility index (Phi) is 9.68. The molecular formula is C29H38FN3O4. The zero-order valence-corrected chi connectivity index (χ0v) is 22.0. The van der Waals surface area contributed by atoms with E-state index in [0.717, 1.165) is 36.3 Å². The van der Waals surface area contributed by atoms with E-state index >= 15 is 0 Å². The van der Waals surface area contributed by atoms with Crippen LogP contribution in [0.25, 0.3) is 11.3 Å². The minimum atomic E-state index is -0.649. The molecule has 1 aliphatic rings. The summed E-state index contributed by atoms with van der Waals surface area (Å²) < 4.78 is 33.4. The van der Waals surface area contributed by atoms with E-state index in [0.29, 0.717) is 43.8 Å². The van der Waals surface area contributed by atoms with Crippen LogP contribution in [0.15, 0.2) is 54.6 Å². The molecule has 0 saturated carbocycles. The van der Waals surface area contributed by atoms with Gasteiger partial charge in [-0.1, -0.05) is 50.2 Å². The lowest BCUT2D eigenvalue weighted by molar-refractivity contribution is -0.00399. The van der Waals surface area contributed by atoms with Crippen LogP contribution in [-0.4, -0.2) is 64.9 Å². The fraction of sp³-hybridized carbons (Fsp3) is 0.483. The molecule has 0 amide bonds. The van der Waals surface area contributed by atoms with Crippen LogP contribution in [-0.2, 0) is 23.1 Å². The molecule has 2 atom stereocenters. The average Bonchev–Trinajstić information content (AvgIpc) is 3.48. The second kappa shape index (κ2) is 13.1.